The Morgan fingerprint density at radius 1 is 1.26 bits per heavy atom. The molecule has 7 heteroatoms. The molecule has 0 saturated heterocycles. The predicted octanol–water partition coefficient (Wildman–Crippen LogP) is 1.84. The van der Waals surface area contributed by atoms with Crippen molar-refractivity contribution < 1.29 is 0 Å². The lowest BCUT2D eigenvalue weighted by Crippen LogP contribution is -2.27. The largest absolute Gasteiger partial charge is 0.302 e. The quantitative estimate of drug-likeness (QED) is 0.811. The number of tetrazole rings is 1. The second-order valence-electron chi connectivity index (χ2n) is 4.10. The van der Waals surface area contributed by atoms with Crippen molar-refractivity contribution in [1.82, 2.24) is 30.1 Å². The molecular weight excluding hydrogens is 308 g/mol. The summed E-state index contributed by atoms with van der Waals surface area (Å²) in [4.78, 5) is 8.20. The molecule has 19 heavy (non-hydrogen) atoms. The molecule has 102 valence electrons. The molecule has 0 aliphatic heterocycles. The summed E-state index contributed by atoms with van der Waals surface area (Å²) in [6.07, 6.45) is 1.73. The molecule has 0 unspecified atom stereocenters. The minimum atomic E-state index is 0.562. The molecule has 0 fully saturated rings. The zero-order valence-corrected chi connectivity index (χ0v) is 12.7. The summed E-state index contributed by atoms with van der Waals surface area (Å²) in [5.41, 5.74) is 0.734. The Hall–Kier alpha value is -1.34. The van der Waals surface area contributed by atoms with E-state index in [0.717, 1.165) is 36.3 Å². The average Bonchev–Trinajstić information content (AvgIpc) is 2.89. The number of pyridine rings is 1. The van der Waals surface area contributed by atoms with Crippen LogP contribution in [0, 0.1) is 0 Å². The van der Waals surface area contributed by atoms with Gasteiger partial charge in [-0.1, -0.05) is 13.8 Å². The van der Waals surface area contributed by atoms with Crippen molar-refractivity contribution in [3.8, 4) is 11.5 Å². The van der Waals surface area contributed by atoms with Crippen LogP contribution in [0.25, 0.3) is 11.5 Å². The maximum atomic E-state index is 4.34. The molecule has 0 aliphatic carbocycles. The Morgan fingerprint density at radius 3 is 2.68 bits per heavy atom. The molecule has 0 amide bonds. The first-order valence-electron chi connectivity index (χ1n) is 6.35. The van der Waals surface area contributed by atoms with Gasteiger partial charge in [-0.25, -0.2) is 0 Å². The predicted molar refractivity (Wildman–Crippen MR) is 76.5 cm³/mol. The molecule has 0 N–H and O–H groups in total. The molecule has 2 aromatic heterocycles. The number of hydrogen-bond acceptors (Lipinski definition) is 5. The van der Waals surface area contributed by atoms with Crippen LogP contribution in [-0.2, 0) is 6.54 Å². The lowest BCUT2D eigenvalue weighted by atomic mass is 10.3. The van der Waals surface area contributed by atoms with Crippen LogP contribution in [0.3, 0.4) is 0 Å². The lowest BCUT2D eigenvalue weighted by Gasteiger charge is -2.16. The maximum Gasteiger partial charge on any atom is 0.223 e. The van der Waals surface area contributed by atoms with Crippen molar-refractivity contribution in [3.05, 3.63) is 22.8 Å². The van der Waals surface area contributed by atoms with Crippen molar-refractivity contribution in [1.29, 1.82) is 0 Å². The van der Waals surface area contributed by atoms with Gasteiger partial charge in [-0.05, 0) is 46.4 Å². The smallest absolute Gasteiger partial charge is 0.223 e. The highest BCUT2D eigenvalue weighted by Gasteiger charge is 2.08. The van der Waals surface area contributed by atoms with Crippen molar-refractivity contribution >= 4 is 15.9 Å². The topological polar surface area (TPSA) is 59.7 Å². The molecule has 0 aliphatic rings. The van der Waals surface area contributed by atoms with Gasteiger partial charge in [-0.15, -0.1) is 10.2 Å². The molecule has 0 spiro atoms. The summed E-state index contributed by atoms with van der Waals surface area (Å²) in [6.45, 7) is 8.03. The van der Waals surface area contributed by atoms with Crippen LogP contribution in [0.5, 0.6) is 0 Å². The van der Waals surface area contributed by atoms with Gasteiger partial charge in [0.2, 0.25) is 5.82 Å². The minimum Gasteiger partial charge on any atom is -0.302 e. The van der Waals surface area contributed by atoms with Gasteiger partial charge in [0.15, 0.2) is 0 Å². The van der Waals surface area contributed by atoms with E-state index >= 15 is 0 Å². The molecule has 2 aromatic rings. The van der Waals surface area contributed by atoms with E-state index in [1.165, 1.54) is 0 Å². The zero-order valence-electron chi connectivity index (χ0n) is 11.1. The fourth-order valence-corrected chi connectivity index (χ4v) is 1.95. The first-order valence-corrected chi connectivity index (χ1v) is 7.14. The Kier molecular flexibility index (Phi) is 4.98. The van der Waals surface area contributed by atoms with E-state index in [1.807, 2.05) is 12.1 Å². The third kappa shape index (κ3) is 3.81. The number of rotatable bonds is 6. The van der Waals surface area contributed by atoms with Gasteiger partial charge >= 0.3 is 0 Å². The summed E-state index contributed by atoms with van der Waals surface area (Å²) in [6, 6.07) is 3.79. The zero-order chi connectivity index (χ0) is 13.7. The van der Waals surface area contributed by atoms with E-state index in [9.17, 15) is 0 Å². The highest BCUT2D eigenvalue weighted by Crippen LogP contribution is 2.13. The van der Waals surface area contributed by atoms with Gasteiger partial charge < -0.3 is 4.90 Å². The average molecular weight is 325 g/mol. The van der Waals surface area contributed by atoms with Gasteiger partial charge in [0.05, 0.1) is 6.54 Å². The summed E-state index contributed by atoms with van der Waals surface area (Å²) < 4.78 is 0.935. The van der Waals surface area contributed by atoms with E-state index < -0.39 is 0 Å². The van der Waals surface area contributed by atoms with Gasteiger partial charge in [0, 0.05) is 17.2 Å². The molecular formula is C12H17BrN6. The standard InChI is InChI=1S/C12H17BrN6/c1-3-18(4-2)7-8-19-16-12(15-17-19)11-6-5-10(13)9-14-11/h5-6,9H,3-4,7-8H2,1-2H3. The van der Waals surface area contributed by atoms with E-state index in [0.29, 0.717) is 5.82 Å². The number of nitrogens with zero attached hydrogens (tertiary/aromatic N) is 6. The highest BCUT2D eigenvalue weighted by molar-refractivity contribution is 9.10. The number of likely N-dealkylation sites (N-methyl/N-ethyl adjacent to an activating group) is 1. The van der Waals surface area contributed by atoms with Gasteiger partial charge in [-0.2, -0.15) is 4.80 Å². The van der Waals surface area contributed by atoms with Gasteiger partial charge in [0.25, 0.3) is 0 Å². The first kappa shape index (κ1) is 14.1. The Bertz CT molecular complexity index is 505. The highest BCUT2D eigenvalue weighted by atomic mass is 79.9. The lowest BCUT2D eigenvalue weighted by molar-refractivity contribution is 0.277. The fourth-order valence-electron chi connectivity index (χ4n) is 1.72. The molecule has 0 saturated carbocycles. The second kappa shape index (κ2) is 6.72. The van der Waals surface area contributed by atoms with Crippen molar-refractivity contribution in [2.75, 3.05) is 19.6 Å². The molecule has 6 nitrogen and oxygen atoms in total. The van der Waals surface area contributed by atoms with Crippen LogP contribution in [0.2, 0.25) is 0 Å². The number of halogens is 1. The molecule has 0 radical (unpaired) electrons. The van der Waals surface area contributed by atoms with Crippen LogP contribution >= 0.6 is 15.9 Å². The third-order valence-corrected chi connectivity index (χ3v) is 3.39. The normalized spacial score (nSPS) is 11.2. The van der Waals surface area contributed by atoms with E-state index in [4.69, 9.17) is 0 Å². The molecule has 0 aromatic carbocycles. The van der Waals surface area contributed by atoms with Crippen LogP contribution in [0.1, 0.15) is 13.8 Å². The van der Waals surface area contributed by atoms with Crippen LogP contribution in [0.15, 0.2) is 22.8 Å². The molecule has 0 bridgehead atoms. The van der Waals surface area contributed by atoms with E-state index in [1.54, 1.807) is 11.0 Å². The summed E-state index contributed by atoms with van der Waals surface area (Å²) in [7, 11) is 0. The van der Waals surface area contributed by atoms with Crippen molar-refractivity contribution in [3.63, 3.8) is 0 Å². The van der Waals surface area contributed by atoms with Crippen molar-refractivity contribution in [2.45, 2.75) is 20.4 Å². The monoisotopic (exact) mass is 324 g/mol. The molecule has 0 atom stereocenters. The number of hydrogen-bond donors (Lipinski definition) is 0. The minimum absolute atomic E-state index is 0.562. The second-order valence-corrected chi connectivity index (χ2v) is 5.01. The first-order chi connectivity index (χ1) is 9.22. The molecule has 2 heterocycles. The fraction of sp³-hybridized carbons (Fsp3) is 0.500. The van der Waals surface area contributed by atoms with E-state index in [2.05, 4.69) is 55.1 Å². The van der Waals surface area contributed by atoms with Crippen LogP contribution in [0.4, 0.5) is 0 Å². The van der Waals surface area contributed by atoms with E-state index in [-0.39, 0.29) is 0 Å². The molecule has 2 rings (SSSR count). The summed E-state index contributed by atoms with van der Waals surface area (Å²) in [5.74, 6) is 0.562. The van der Waals surface area contributed by atoms with Gasteiger partial charge in [0.1, 0.15) is 5.69 Å². The maximum absolute atomic E-state index is 4.34. The summed E-state index contributed by atoms with van der Waals surface area (Å²) >= 11 is 3.35. The Morgan fingerprint density at radius 2 is 2.05 bits per heavy atom. The van der Waals surface area contributed by atoms with Crippen molar-refractivity contribution in [2.24, 2.45) is 0 Å². The number of aromatic nitrogens is 5. The third-order valence-electron chi connectivity index (χ3n) is 2.92. The van der Waals surface area contributed by atoms with Crippen LogP contribution in [-0.4, -0.2) is 49.7 Å². The van der Waals surface area contributed by atoms with Crippen LogP contribution < -0.4 is 0 Å². The van der Waals surface area contributed by atoms with Gasteiger partial charge in [-0.3, -0.25) is 4.98 Å². The Labute approximate surface area is 121 Å². The Balaban J connectivity index is 2.01. The SMILES string of the molecule is CCN(CC)CCn1nnc(-c2ccc(Br)cn2)n1. The summed E-state index contributed by atoms with van der Waals surface area (Å²) in [5, 5.41) is 12.4.